The Morgan fingerprint density at radius 3 is 2.57 bits per heavy atom. The lowest BCUT2D eigenvalue weighted by Crippen LogP contribution is -2.39. The van der Waals surface area contributed by atoms with Gasteiger partial charge in [-0.05, 0) is 36.2 Å². The molecule has 1 heterocycles. The first-order chi connectivity index (χ1) is 13.4. The van der Waals surface area contributed by atoms with Gasteiger partial charge in [0.05, 0.1) is 13.0 Å². The van der Waals surface area contributed by atoms with Crippen LogP contribution in [0.15, 0.2) is 53.0 Å². The quantitative estimate of drug-likeness (QED) is 0.718. The van der Waals surface area contributed by atoms with Crippen LogP contribution in [-0.2, 0) is 19.1 Å². The van der Waals surface area contributed by atoms with Crippen LogP contribution in [0.3, 0.4) is 0 Å². The molecular weight excluding hydrogens is 424 g/mol. The van der Waals surface area contributed by atoms with Gasteiger partial charge in [0.25, 0.3) is 0 Å². The molecule has 146 valence electrons. The molecule has 2 amide bonds. The van der Waals surface area contributed by atoms with Crippen LogP contribution >= 0.6 is 15.9 Å². The summed E-state index contributed by atoms with van der Waals surface area (Å²) in [6.07, 6.45) is 0.101. The molecule has 0 aromatic heterocycles. The highest BCUT2D eigenvalue weighted by Gasteiger charge is 2.37. The van der Waals surface area contributed by atoms with Crippen molar-refractivity contribution in [1.82, 2.24) is 5.32 Å². The molecule has 1 N–H and O–H groups in total. The zero-order valence-electron chi connectivity index (χ0n) is 15.6. The molecule has 1 aliphatic heterocycles. The molecule has 2 atom stereocenters. The number of carbonyl (C=O) groups is 3. The minimum absolute atomic E-state index is 0.101. The largest absolute Gasteiger partial charge is 0.467 e. The maximum atomic E-state index is 12.8. The number of hydrogen-bond acceptors (Lipinski definition) is 4. The van der Waals surface area contributed by atoms with Crippen molar-refractivity contribution in [3.63, 3.8) is 0 Å². The molecule has 3 rings (SSSR count). The molecule has 1 saturated heterocycles. The third kappa shape index (κ3) is 4.25. The number of anilines is 1. The lowest BCUT2D eigenvalue weighted by atomic mass is 10.0. The van der Waals surface area contributed by atoms with E-state index in [0.29, 0.717) is 5.56 Å². The molecule has 7 heteroatoms. The number of nitrogens with zero attached hydrogens (tertiary/aromatic N) is 1. The van der Waals surface area contributed by atoms with Crippen molar-refractivity contribution < 1.29 is 19.1 Å². The molecule has 0 bridgehead atoms. The van der Waals surface area contributed by atoms with E-state index in [1.54, 1.807) is 29.2 Å². The van der Waals surface area contributed by atoms with Crippen LogP contribution in [0.5, 0.6) is 0 Å². The predicted octanol–water partition coefficient (Wildman–Crippen LogP) is 3.14. The Balaban J connectivity index is 1.74. The second-order valence-electron chi connectivity index (χ2n) is 6.71. The number of amides is 2. The summed E-state index contributed by atoms with van der Waals surface area (Å²) >= 11 is 3.45. The molecular formula is C21H21BrN2O4. The Labute approximate surface area is 172 Å². The van der Waals surface area contributed by atoms with Crippen LogP contribution in [0.1, 0.15) is 23.6 Å². The lowest BCUT2D eigenvalue weighted by Gasteiger charge is -2.20. The van der Waals surface area contributed by atoms with E-state index >= 15 is 0 Å². The van der Waals surface area contributed by atoms with Gasteiger partial charge in [0.15, 0.2) is 6.04 Å². The summed E-state index contributed by atoms with van der Waals surface area (Å²) in [6.45, 7) is 2.22. The molecule has 1 fully saturated rings. The molecule has 0 saturated carbocycles. The van der Waals surface area contributed by atoms with Gasteiger partial charge in [-0.3, -0.25) is 9.59 Å². The van der Waals surface area contributed by atoms with E-state index in [0.717, 1.165) is 15.7 Å². The van der Waals surface area contributed by atoms with Crippen molar-refractivity contribution in [2.75, 3.05) is 18.6 Å². The summed E-state index contributed by atoms with van der Waals surface area (Å²) in [6, 6.07) is 13.6. The molecule has 2 aromatic rings. The van der Waals surface area contributed by atoms with Gasteiger partial charge in [0.1, 0.15) is 0 Å². The number of benzene rings is 2. The SMILES string of the molecule is COC(=O)C(NC(=O)C1CC(=O)N(c2ccc(Br)c(C)c2)C1)c1ccccc1. The highest BCUT2D eigenvalue weighted by molar-refractivity contribution is 9.10. The van der Waals surface area contributed by atoms with Crippen molar-refractivity contribution in [2.45, 2.75) is 19.4 Å². The zero-order chi connectivity index (χ0) is 20.3. The molecule has 2 aromatic carbocycles. The lowest BCUT2D eigenvalue weighted by molar-refractivity contribution is -0.145. The van der Waals surface area contributed by atoms with Crippen LogP contribution in [0, 0.1) is 12.8 Å². The summed E-state index contributed by atoms with van der Waals surface area (Å²) in [5, 5.41) is 2.74. The summed E-state index contributed by atoms with van der Waals surface area (Å²) in [5.74, 6) is -1.54. The Morgan fingerprint density at radius 1 is 1.21 bits per heavy atom. The second-order valence-corrected chi connectivity index (χ2v) is 7.57. The summed E-state index contributed by atoms with van der Waals surface area (Å²) < 4.78 is 5.79. The van der Waals surface area contributed by atoms with Gasteiger partial charge < -0.3 is 15.0 Å². The monoisotopic (exact) mass is 444 g/mol. The van der Waals surface area contributed by atoms with Crippen LogP contribution in [0.4, 0.5) is 5.69 Å². The van der Waals surface area contributed by atoms with Crippen LogP contribution in [0.2, 0.25) is 0 Å². The van der Waals surface area contributed by atoms with Gasteiger partial charge in [-0.15, -0.1) is 0 Å². The number of aryl methyl sites for hydroxylation is 1. The third-order valence-electron chi connectivity index (χ3n) is 4.81. The van der Waals surface area contributed by atoms with Gasteiger partial charge in [-0.2, -0.15) is 0 Å². The van der Waals surface area contributed by atoms with Crippen molar-refractivity contribution in [2.24, 2.45) is 5.92 Å². The molecule has 0 radical (unpaired) electrons. The number of carbonyl (C=O) groups excluding carboxylic acids is 3. The Bertz CT molecular complexity index is 901. The van der Waals surface area contributed by atoms with Crippen molar-refractivity contribution in [3.05, 3.63) is 64.1 Å². The number of methoxy groups -OCH3 is 1. The normalized spacial score (nSPS) is 17.3. The first kappa shape index (κ1) is 20.1. The predicted molar refractivity (Wildman–Crippen MR) is 109 cm³/mol. The van der Waals surface area contributed by atoms with E-state index in [1.807, 2.05) is 31.2 Å². The molecule has 28 heavy (non-hydrogen) atoms. The van der Waals surface area contributed by atoms with Crippen molar-refractivity contribution in [3.8, 4) is 0 Å². The molecule has 0 aliphatic carbocycles. The van der Waals surface area contributed by atoms with Crippen LogP contribution in [-0.4, -0.2) is 31.4 Å². The number of halogens is 1. The average Bonchev–Trinajstić information content (AvgIpc) is 3.10. The van der Waals surface area contributed by atoms with Gasteiger partial charge in [0, 0.05) is 23.1 Å². The zero-order valence-corrected chi connectivity index (χ0v) is 17.2. The summed E-state index contributed by atoms with van der Waals surface area (Å²) in [4.78, 5) is 39.0. The molecule has 2 unspecified atom stereocenters. The van der Waals surface area contributed by atoms with Gasteiger partial charge in [-0.25, -0.2) is 4.79 Å². The van der Waals surface area contributed by atoms with E-state index < -0.39 is 17.9 Å². The topological polar surface area (TPSA) is 75.7 Å². The highest BCUT2D eigenvalue weighted by atomic mass is 79.9. The Kier molecular flexibility index (Phi) is 6.14. The second kappa shape index (κ2) is 8.56. The van der Waals surface area contributed by atoms with Gasteiger partial charge in [0.2, 0.25) is 11.8 Å². The Morgan fingerprint density at radius 2 is 1.93 bits per heavy atom. The maximum Gasteiger partial charge on any atom is 0.333 e. The van der Waals surface area contributed by atoms with E-state index in [1.165, 1.54) is 7.11 Å². The third-order valence-corrected chi connectivity index (χ3v) is 5.70. The van der Waals surface area contributed by atoms with Gasteiger partial charge in [-0.1, -0.05) is 46.3 Å². The standard InChI is InChI=1S/C21H21BrN2O4/c1-13-10-16(8-9-17(13)22)24-12-15(11-18(24)25)20(26)23-19(21(27)28-2)14-6-4-3-5-7-14/h3-10,15,19H,11-12H2,1-2H3,(H,23,26). The average molecular weight is 445 g/mol. The van der Waals surface area contributed by atoms with Crippen molar-refractivity contribution >= 4 is 39.4 Å². The number of esters is 1. The first-order valence-corrected chi connectivity index (χ1v) is 9.69. The van der Waals surface area contributed by atoms with E-state index in [2.05, 4.69) is 21.2 Å². The summed E-state index contributed by atoms with van der Waals surface area (Å²) in [5.41, 5.74) is 2.40. The van der Waals surface area contributed by atoms with Gasteiger partial charge >= 0.3 is 5.97 Å². The fourth-order valence-electron chi connectivity index (χ4n) is 3.23. The van der Waals surface area contributed by atoms with Crippen molar-refractivity contribution in [1.29, 1.82) is 0 Å². The molecule has 1 aliphatic rings. The Hall–Kier alpha value is -2.67. The maximum absolute atomic E-state index is 12.8. The smallest absolute Gasteiger partial charge is 0.333 e. The van der Waals surface area contributed by atoms with Crippen LogP contribution < -0.4 is 10.2 Å². The fraction of sp³-hybridized carbons (Fsp3) is 0.286. The van der Waals surface area contributed by atoms with E-state index in [4.69, 9.17) is 4.74 Å². The number of rotatable bonds is 5. The number of hydrogen-bond donors (Lipinski definition) is 1. The first-order valence-electron chi connectivity index (χ1n) is 8.90. The van der Waals surface area contributed by atoms with Crippen LogP contribution in [0.25, 0.3) is 0 Å². The number of nitrogens with one attached hydrogen (secondary N) is 1. The molecule has 6 nitrogen and oxygen atoms in total. The molecule has 0 spiro atoms. The number of ether oxygens (including phenoxy) is 1. The summed E-state index contributed by atoms with van der Waals surface area (Å²) in [7, 11) is 1.28. The fourth-order valence-corrected chi connectivity index (χ4v) is 3.48. The minimum atomic E-state index is -0.905. The highest BCUT2D eigenvalue weighted by Crippen LogP contribution is 2.29. The van der Waals surface area contributed by atoms with E-state index in [-0.39, 0.29) is 24.8 Å². The minimum Gasteiger partial charge on any atom is -0.467 e. The van der Waals surface area contributed by atoms with E-state index in [9.17, 15) is 14.4 Å².